The Balaban J connectivity index is 0.00000289. The average molecular weight is 465 g/mol. The van der Waals surface area contributed by atoms with Crippen molar-refractivity contribution in [3.05, 3.63) is 30.9 Å². The van der Waals surface area contributed by atoms with Crippen LogP contribution >= 0.6 is 12.4 Å². The van der Waals surface area contributed by atoms with E-state index in [0.29, 0.717) is 31.2 Å². The number of rotatable bonds is 4. The van der Waals surface area contributed by atoms with Crippen molar-refractivity contribution < 1.29 is 19.0 Å². The maximum Gasteiger partial charge on any atom is 0.410 e. The summed E-state index contributed by atoms with van der Waals surface area (Å²) < 4.78 is 20.9. The molecule has 174 valence electrons. The molecule has 1 aliphatic heterocycles. The number of carbonyl (C=O) groups excluding carboxylic acids is 1. The largest absolute Gasteiger partial charge is 0.470 e. The number of halogens is 1. The van der Waals surface area contributed by atoms with Crippen LogP contribution in [0.2, 0.25) is 0 Å². The Kier molecular flexibility index (Phi) is 6.94. The molecular formula is C21H29ClN6O4. The molecule has 10 nitrogen and oxygen atoms in total. The molecule has 4 heterocycles. The van der Waals surface area contributed by atoms with E-state index in [9.17, 15) is 4.79 Å². The zero-order chi connectivity index (χ0) is 22.2. The number of nitrogens with zero attached hydrogens (tertiary/aromatic N) is 6. The van der Waals surface area contributed by atoms with Crippen molar-refractivity contribution in [2.24, 2.45) is 7.05 Å². The summed E-state index contributed by atoms with van der Waals surface area (Å²) in [6.45, 7) is 6.39. The molecule has 2 atom stereocenters. The summed E-state index contributed by atoms with van der Waals surface area (Å²) in [6, 6.07) is 1.69. The van der Waals surface area contributed by atoms with Crippen LogP contribution in [0, 0.1) is 0 Å². The van der Waals surface area contributed by atoms with E-state index in [1.165, 1.54) is 0 Å². The van der Waals surface area contributed by atoms with Crippen molar-refractivity contribution in [1.82, 2.24) is 29.3 Å². The molecule has 1 amide bonds. The molecule has 0 bridgehead atoms. The van der Waals surface area contributed by atoms with Crippen LogP contribution in [0.1, 0.15) is 27.2 Å². The number of hydrogen-bond acceptors (Lipinski definition) is 7. The van der Waals surface area contributed by atoms with Gasteiger partial charge in [-0.1, -0.05) is 0 Å². The molecule has 0 spiro atoms. The highest BCUT2D eigenvalue weighted by Crippen LogP contribution is 2.26. The predicted molar refractivity (Wildman–Crippen MR) is 120 cm³/mol. The van der Waals surface area contributed by atoms with Crippen LogP contribution in [-0.2, 0) is 16.5 Å². The molecule has 0 saturated carbocycles. The highest BCUT2D eigenvalue weighted by Gasteiger charge is 2.32. The van der Waals surface area contributed by atoms with Gasteiger partial charge in [-0.15, -0.1) is 12.4 Å². The van der Waals surface area contributed by atoms with Crippen molar-refractivity contribution >= 4 is 24.0 Å². The second-order valence-electron chi connectivity index (χ2n) is 8.75. The van der Waals surface area contributed by atoms with Gasteiger partial charge in [-0.05, 0) is 26.8 Å². The van der Waals surface area contributed by atoms with Crippen molar-refractivity contribution in [3.63, 3.8) is 0 Å². The molecule has 0 N–H and O–H groups in total. The molecular weight excluding hydrogens is 436 g/mol. The molecule has 0 unspecified atom stereocenters. The molecule has 32 heavy (non-hydrogen) atoms. The number of aromatic nitrogens is 5. The van der Waals surface area contributed by atoms with Crippen molar-refractivity contribution in [2.75, 3.05) is 20.3 Å². The third kappa shape index (κ3) is 5.31. The quantitative estimate of drug-likeness (QED) is 0.585. The lowest BCUT2D eigenvalue weighted by Crippen LogP contribution is -2.49. The van der Waals surface area contributed by atoms with Crippen molar-refractivity contribution in [3.8, 4) is 17.1 Å². The minimum atomic E-state index is -0.555. The van der Waals surface area contributed by atoms with Gasteiger partial charge < -0.3 is 19.1 Å². The zero-order valence-electron chi connectivity index (χ0n) is 18.9. The normalized spacial score (nSPS) is 18.8. The minimum absolute atomic E-state index is 0. The lowest BCUT2D eigenvalue weighted by molar-refractivity contribution is -0.0464. The number of hydrogen-bond donors (Lipinski definition) is 0. The molecule has 11 heteroatoms. The van der Waals surface area contributed by atoms with E-state index in [-0.39, 0.29) is 30.6 Å². The van der Waals surface area contributed by atoms with Gasteiger partial charge >= 0.3 is 6.09 Å². The van der Waals surface area contributed by atoms with Crippen LogP contribution in [0.3, 0.4) is 0 Å². The molecule has 0 aliphatic carbocycles. The van der Waals surface area contributed by atoms with Gasteiger partial charge in [0.05, 0.1) is 43.5 Å². The fraction of sp³-hybridized carbons (Fsp3) is 0.524. The number of amides is 1. The predicted octanol–water partition coefficient (Wildman–Crippen LogP) is 2.95. The van der Waals surface area contributed by atoms with Gasteiger partial charge in [-0.25, -0.2) is 14.3 Å². The van der Waals surface area contributed by atoms with Gasteiger partial charge in [0, 0.05) is 32.3 Å². The zero-order valence-corrected chi connectivity index (χ0v) is 19.7. The highest BCUT2D eigenvalue weighted by molar-refractivity contribution is 5.85. The van der Waals surface area contributed by atoms with Crippen molar-refractivity contribution in [2.45, 2.75) is 44.9 Å². The molecule has 3 aromatic rings. The summed E-state index contributed by atoms with van der Waals surface area (Å²) in [4.78, 5) is 18.7. The Morgan fingerprint density at radius 2 is 2.03 bits per heavy atom. The van der Waals surface area contributed by atoms with Gasteiger partial charge in [0.1, 0.15) is 17.2 Å². The molecule has 1 aliphatic rings. The molecule has 1 saturated heterocycles. The van der Waals surface area contributed by atoms with E-state index in [2.05, 4.69) is 10.2 Å². The van der Waals surface area contributed by atoms with E-state index >= 15 is 0 Å². The van der Waals surface area contributed by atoms with E-state index in [0.717, 1.165) is 11.1 Å². The maximum atomic E-state index is 12.4. The SMILES string of the molecule is CN(C(=O)OC(C)(C)C)[C@H]1COC[C@H](Oc2nc(-c3cnn(C)c3)cn3nccc23)C1.Cl. The molecule has 0 aromatic carbocycles. The van der Waals surface area contributed by atoms with E-state index in [4.69, 9.17) is 19.2 Å². The summed E-state index contributed by atoms with van der Waals surface area (Å²) in [5.41, 5.74) is 1.78. The lowest BCUT2D eigenvalue weighted by atomic mass is 10.1. The van der Waals surface area contributed by atoms with Crippen LogP contribution in [0.4, 0.5) is 4.79 Å². The van der Waals surface area contributed by atoms with Crippen LogP contribution in [-0.4, -0.2) is 73.4 Å². The standard InChI is InChI=1S/C21H28N6O4.ClH/c1-21(2,3)31-20(28)26(5)15-8-16(13-29-12-15)30-19-18-6-7-22-27(18)11-17(24-19)14-9-23-25(4)10-14;/h6-7,9-11,15-16H,8,12-13H2,1-5H3;1H/t15-,16-;/m1./s1. The Labute approximate surface area is 192 Å². The first-order valence-corrected chi connectivity index (χ1v) is 10.2. The number of aryl methyl sites for hydroxylation is 1. The first kappa shape index (κ1) is 23.8. The number of fused-ring (bicyclic) bond motifs is 1. The monoisotopic (exact) mass is 464 g/mol. The molecule has 0 radical (unpaired) electrons. The molecule has 3 aromatic heterocycles. The first-order chi connectivity index (χ1) is 14.7. The third-order valence-electron chi connectivity index (χ3n) is 5.01. The fourth-order valence-electron chi connectivity index (χ4n) is 3.45. The average Bonchev–Trinajstić information content (AvgIpc) is 3.35. The summed E-state index contributed by atoms with van der Waals surface area (Å²) in [5, 5.41) is 8.55. The Hall–Kier alpha value is -2.85. The van der Waals surface area contributed by atoms with Crippen LogP contribution in [0.15, 0.2) is 30.9 Å². The Bertz CT molecular complexity index is 1080. The van der Waals surface area contributed by atoms with E-state index in [1.54, 1.807) is 33.5 Å². The summed E-state index contributed by atoms with van der Waals surface area (Å²) in [5.74, 6) is 0.466. The van der Waals surface area contributed by atoms with E-state index in [1.807, 2.05) is 46.3 Å². The van der Waals surface area contributed by atoms with Gasteiger partial charge in [-0.2, -0.15) is 10.2 Å². The second kappa shape index (κ2) is 9.33. The highest BCUT2D eigenvalue weighted by atomic mass is 35.5. The van der Waals surface area contributed by atoms with Gasteiger partial charge in [0.15, 0.2) is 0 Å². The summed E-state index contributed by atoms with van der Waals surface area (Å²) >= 11 is 0. The van der Waals surface area contributed by atoms with Crippen LogP contribution in [0.25, 0.3) is 16.8 Å². The number of ether oxygens (including phenoxy) is 3. The van der Waals surface area contributed by atoms with Crippen LogP contribution in [0.5, 0.6) is 5.88 Å². The second-order valence-corrected chi connectivity index (χ2v) is 8.75. The Morgan fingerprint density at radius 3 is 2.72 bits per heavy atom. The first-order valence-electron chi connectivity index (χ1n) is 10.2. The molecule has 1 fully saturated rings. The molecule has 4 rings (SSSR count). The minimum Gasteiger partial charge on any atom is -0.470 e. The van der Waals surface area contributed by atoms with Crippen LogP contribution < -0.4 is 4.74 Å². The number of likely N-dealkylation sites (N-methyl/N-ethyl adjacent to an activating group) is 1. The van der Waals surface area contributed by atoms with E-state index < -0.39 is 5.60 Å². The summed E-state index contributed by atoms with van der Waals surface area (Å²) in [6.07, 6.45) is 7.14. The lowest BCUT2D eigenvalue weighted by Gasteiger charge is -2.35. The third-order valence-corrected chi connectivity index (χ3v) is 5.01. The summed E-state index contributed by atoms with van der Waals surface area (Å²) in [7, 11) is 3.58. The Morgan fingerprint density at radius 1 is 1.25 bits per heavy atom. The van der Waals surface area contributed by atoms with Gasteiger partial charge in [0.2, 0.25) is 5.88 Å². The smallest absolute Gasteiger partial charge is 0.410 e. The maximum absolute atomic E-state index is 12.4. The van der Waals surface area contributed by atoms with Gasteiger partial charge in [-0.3, -0.25) is 4.68 Å². The van der Waals surface area contributed by atoms with Crippen molar-refractivity contribution in [1.29, 1.82) is 0 Å². The number of carbonyl (C=O) groups is 1. The van der Waals surface area contributed by atoms with Gasteiger partial charge in [0.25, 0.3) is 0 Å². The fourth-order valence-corrected chi connectivity index (χ4v) is 3.45. The topological polar surface area (TPSA) is 96.0 Å².